The third-order valence-corrected chi connectivity index (χ3v) is 2.30. The molecule has 4 nitrogen and oxygen atoms in total. The first-order chi connectivity index (χ1) is 8.60. The quantitative estimate of drug-likeness (QED) is 0.782. The summed E-state index contributed by atoms with van der Waals surface area (Å²) < 4.78 is 33.5. The predicted octanol–water partition coefficient (Wildman–Crippen LogP) is 2.09. The van der Waals surface area contributed by atoms with Gasteiger partial charge >= 0.3 is 0 Å². The van der Waals surface area contributed by atoms with E-state index in [4.69, 9.17) is 4.74 Å². The molecule has 0 aliphatic rings. The van der Waals surface area contributed by atoms with Gasteiger partial charge in [0.05, 0.1) is 6.20 Å². The van der Waals surface area contributed by atoms with E-state index in [1.165, 1.54) is 6.20 Å². The molecule has 0 N–H and O–H groups in total. The van der Waals surface area contributed by atoms with Crippen LogP contribution in [0.1, 0.15) is 15.9 Å². The van der Waals surface area contributed by atoms with Gasteiger partial charge in [-0.15, -0.1) is 0 Å². The number of benzene rings is 1. The first-order valence-electron chi connectivity index (χ1n) is 5.14. The molecule has 2 aromatic rings. The summed E-state index contributed by atoms with van der Waals surface area (Å²) in [5.41, 5.74) is 0.620. The molecule has 2 rings (SSSR count). The molecular weight excluding hydrogens is 242 g/mol. The van der Waals surface area contributed by atoms with Crippen LogP contribution in [0.4, 0.5) is 8.78 Å². The van der Waals surface area contributed by atoms with Gasteiger partial charge < -0.3 is 4.74 Å². The van der Waals surface area contributed by atoms with Crippen LogP contribution in [-0.4, -0.2) is 16.1 Å². The standard InChI is InChI=1S/C12H10F2N2O2/c1-16-5-9(4-15-16)7-18-12-10(13)2-8(6-17)3-11(12)14/h2-6H,7H2,1H3. The highest BCUT2D eigenvalue weighted by Gasteiger charge is 2.13. The van der Waals surface area contributed by atoms with Gasteiger partial charge in [0.25, 0.3) is 0 Å². The molecule has 94 valence electrons. The minimum absolute atomic E-state index is 0.00210. The molecule has 0 aliphatic heterocycles. The van der Waals surface area contributed by atoms with Gasteiger partial charge in [-0.05, 0) is 12.1 Å². The van der Waals surface area contributed by atoms with Crippen molar-refractivity contribution in [1.29, 1.82) is 0 Å². The Labute approximate surface area is 102 Å². The lowest BCUT2D eigenvalue weighted by molar-refractivity contribution is 0.112. The number of halogens is 2. The minimum atomic E-state index is -0.902. The monoisotopic (exact) mass is 252 g/mol. The Bertz CT molecular complexity index is 558. The summed E-state index contributed by atoms with van der Waals surface area (Å²) in [7, 11) is 1.73. The van der Waals surface area contributed by atoms with E-state index in [1.807, 2.05) is 0 Å². The molecule has 0 saturated carbocycles. The molecule has 0 spiro atoms. The Kier molecular flexibility index (Phi) is 3.36. The molecule has 0 atom stereocenters. The molecule has 0 radical (unpaired) electrons. The largest absolute Gasteiger partial charge is 0.483 e. The summed E-state index contributed by atoms with van der Waals surface area (Å²) in [6.07, 6.45) is 3.59. The van der Waals surface area contributed by atoms with Gasteiger partial charge in [0.15, 0.2) is 17.4 Å². The summed E-state index contributed by atoms with van der Waals surface area (Å²) in [6, 6.07) is 1.85. The highest BCUT2D eigenvalue weighted by Crippen LogP contribution is 2.23. The van der Waals surface area contributed by atoms with E-state index in [9.17, 15) is 13.6 Å². The number of carbonyl (C=O) groups is 1. The molecule has 0 saturated heterocycles. The van der Waals surface area contributed by atoms with Crippen LogP contribution in [0, 0.1) is 11.6 Å². The lowest BCUT2D eigenvalue weighted by atomic mass is 10.2. The molecule has 0 unspecified atom stereocenters. The number of hydrogen-bond acceptors (Lipinski definition) is 3. The fraction of sp³-hybridized carbons (Fsp3) is 0.167. The highest BCUT2D eigenvalue weighted by atomic mass is 19.1. The second-order valence-electron chi connectivity index (χ2n) is 3.74. The zero-order valence-corrected chi connectivity index (χ0v) is 9.56. The van der Waals surface area contributed by atoms with Gasteiger partial charge in [-0.2, -0.15) is 5.10 Å². The lowest BCUT2D eigenvalue weighted by Gasteiger charge is -2.07. The molecule has 1 aromatic heterocycles. The first kappa shape index (κ1) is 12.2. The van der Waals surface area contributed by atoms with Crippen molar-refractivity contribution in [3.05, 3.63) is 47.3 Å². The second kappa shape index (κ2) is 4.95. The molecule has 0 amide bonds. The summed E-state index contributed by atoms with van der Waals surface area (Å²) in [4.78, 5) is 10.4. The van der Waals surface area contributed by atoms with Crippen molar-refractivity contribution in [3.8, 4) is 5.75 Å². The van der Waals surface area contributed by atoms with Crippen molar-refractivity contribution in [1.82, 2.24) is 9.78 Å². The van der Waals surface area contributed by atoms with Crippen molar-refractivity contribution in [2.24, 2.45) is 7.05 Å². The topological polar surface area (TPSA) is 44.1 Å². The van der Waals surface area contributed by atoms with E-state index in [0.717, 1.165) is 12.1 Å². The van der Waals surface area contributed by atoms with Crippen molar-refractivity contribution >= 4 is 6.29 Å². The molecule has 18 heavy (non-hydrogen) atoms. The van der Waals surface area contributed by atoms with Crippen molar-refractivity contribution in [3.63, 3.8) is 0 Å². The SMILES string of the molecule is Cn1cc(COc2c(F)cc(C=O)cc2F)cn1. The highest BCUT2D eigenvalue weighted by molar-refractivity contribution is 5.75. The van der Waals surface area contributed by atoms with E-state index in [-0.39, 0.29) is 12.2 Å². The number of hydrogen-bond donors (Lipinski definition) is 0. The summed E-state index contributed by atoms with van der Waals surface area (Å²) in [6.45, 7) is 0.00210. The van der Waals surface area contributed by atoms with Crippen molar-refractivity contribution in [2.45, 2.75) is 6.61 Å². The number of rotatable bonds is 4. The Morgan fingerprint density at radius 3 is 2.56 bits per heavy atom. The Morgan fingerprint density at radius 2 is 2.06 bits per heavy atom. The van der Waals surface area contributed by atoms with E-state index < -0.39 is 17.4 Å². The average Bonchev–Trinajstić information content (AvgIpc) is 2.73. The smallest absolute Gasteiger partial charge is 0.191 e. The Morgan fingerprint density at radius 1 is 1.39 bits per heavy atom. The van der Waals surface area contributed by atoms with E-state index >= 15 is 0 Å². The molecule has 0 bridgehead atoms. The number of aryl methyl sites for hydroxylation is 1. The van der Waals surface area contributed by atoms with E-state index in [1.54, 1.807) is 17.9 Å². The zero-order chi connectivity index (χ0) is 13.1. The fourth-order valence-electron chi connectivity index (χ4n) is 1.49. The predicted molar refractivity (Wildman–Crippen MR) is 59.3 cm³/mol. The summed E-state index contributed by atoms with van der Waals surface area (Å²) in [5, 5.41) is 3.90. The minimum Gasteiger partial charge on any atom is -0.483 e. The van der Waals surface area contributed by atoms with E-state index in [0.29, 0.717) is 11.8 Å². The second-order valence-corrected chi connectivity index (χ2v) is 3.74. The van der Waals surface area contributed by atoms with Crippen LogP contribution in [0.3, 0.4) is 0 Å². The van der Waals surface area contributed by atoms with Crippen LogP contribution in [0.25, 0.3) is 0 Å². The van der Waals surface area contributed by atoms with Crippen LogP contribution < -0.4 is 4.74 Å². The van der Waals surface area contributed by atoms with Crippen LogP contribution in [-0.2, 0) is 13.7 Å². The van der Waals surface area contributed by atoms with E-state index in [2.05, 4.69) is 5.10 Å². The molecule has 1 heterocycles. The van der Waals surface area contributed by atoms with Gasteiger partial charge in [-0.1, -0.05) is 0 Å². The van der Waals surface area contributed by atoms with Crippen molar-refractivity contribution in [2.75, 3.05) is 0 Å². The Hall–Kier alpha value is -2.24. The van der Waals surface area contributed by atoms with Crippen LogP contribution in [0.15, 0.2) is 24.5 Å². The number of aromatic nitrogens is 2. The van der Waals surface area contributed by atoms with Crippen LogP contribution in [0.2, 0.25) is 0 Å². The molecule has 1 aromatic carbocycles. The number of nitrogens with zero attached hydrogens (tertiary/aromatic N) is 2. The van der Waals surface area contributed by atoms with Gasteiger partial charge in [-0.3, -0.25) is 9.48 Å². The lowest BCUT2D eigenvalue weighted by Crippen LogP contribution is -2.00. The molecular formula is C12H10F2N2O2. The molecule has 6 heteroatoms. The third kappa shape index (κ3) is 2.53. The third-order valence-electron chi connectivity index (χ3n) is 2.30. The number of carbonyl (C=O) groups excluding carboxylic acids is 1. The number of aldehydes is 1. The zero-order valence-electron chi connectivity index (χ0n) is 9.56. The maximum absolute atomic E-state index is 13.5. The summed E-state index contributed by atoms with van der Waals surface area (Å²) >= 11 is 0. The summed E-state index contributed by atoms with van der Waals surface area (Å²) in [5.74, 6) is -2.30. The maximum atomic E-state index is 13.5. The fourth-order valence-corrected chi connectivity index (χ4v) is 1.49. The van der Waals surface area contributed by atoms with Gasteiger partial charge in [0, 0.05) is 24.4 Å². The van der Waals surface area contributed by atoms with Crippen LogP contribution >= 0.6 is 0 Å². The van der Waals surface area contributed by atoms with Gasteiger partial charge in [0.2, 0.25) is 0 Å². The van der Waals surface area contributed by atoms with Gasteiger partial charge in [-0.25, -0.2) is 8.78 Å². The molecule has 0 aliphatic carbocycles. The van der Waals surface area contributed by atoms with Crippen LogP contribution in [0.5, 0.6) is 5.75 Å². The maximum Gasteiger partial charge on any atom is 0.191 e. The normalized spacial score (nSPS) is 10.4. The average molecular weight is 252 g/mol. The van der Waals surface area contributed by atoms with Gasteiger partial charge in [0.1, 0.15) is 12.9 Å². The Balaban J connectivity index is 2.16. The molecule has 0 fully saturated rings. The number of ether oxygens (including phenoxy) is 1. The van der Waals surface area contributed by atoms with Crippen molar-refractivity contribution < 1.29 is 18.3 Å². The first-order valence-corrected chi connectivity index (χ1v) is 5.14.